The maximum absolute atomic E-state index is 11.7. The molecule has 1 aliphatic carbocycles. The molecule has 1 aliphatic rings. The Hall–Kier alpha value is -1.07. The van der Waals surface area contributed by atoms with Crippen molar-refractivity contribution in [3.63, 3.8) is 0 Å². The van der Waals surface area contributed by atoms with Crippen molar-refractivity contribution < 1.29 is 14.7 Å². The number of anilines is 1. The number of benzene rings is 1. The molecule has 0 spiro atoms. The third-order valence-corrected chi connectivity index (χ3v) is 3.56. The molecule has 90 valence electrons. The average Bonchev–Trinajstić information content (AvgIpc) is 3.03. The summed E-state index contributed by atoms with van der Waals surface area (Å²) in [5.74, 6) is -2.18. The fourth-order valence-corrected chi connectivity index (χ4v) is 2.09. The monoisotopic (exact) mass is 317 g/mol. The normalized spacial score (nSPS) is 22.0. The Labute approximate surface area is 111 Å². The molecule has 1 saturated carbocycles. The second-order valence-corrected chi connectivity index (χ2v) is 5.19. The number of carboxylic acid groups (broad SMARTS) is 1. The summed E-state index contributed by atoms with van der Waals surface area (Å²) in [7, 11) is 0. The first-order valence-corrected chi connectivity index (χ1v) is 6.15. The third-order valence-electron chi connectivity index (χ3n) is 2.63. The molecule has 6 heteroatoms. The van der Waals surface area contributed by atoms with Crippen LogP contribution < -0.4 is 5.32 Å². The predicted molar refractivity (Wildman–Crippen MR) is 67.0 cm³/mol. The summed E-state index contributed by atoms with van der Waals surface area (Å²) in [6.07, 6.45) is 0.402. The summed E-state index contributed by atoms with van der Waals surface area (Å²) in [6, 6.07) is 5.03. The van der Waals surface area contributed by atoms with Gasteiger partial charge in [0.15, 0.2) is 0 Å². The maximum Gasteiger partial charge on any atom is 0.307 e. The SMILES string of the molecule is O=C(O)C1CC1C(=O)Nc1cc(Cl)ccc1Br. The van der Waals surface area contributed by atoms with Gasteiger partial charge in [-0.2, -0.15) is 0 Å². The Morgan fingerprint density at radius 3 is 2.71 bits per heavy atom. The highest BCUT2D eigenvalue weighted by atomic mass is 79.9. The first kappa shape index (κ1) is 12.4. The van der Waals surface area contributed by atoms with Crippen LogP contribution in [0.1, 0.15) is 6.42 Å². The number of halogens is 2. The van der Waals surface area contributed by atoms with Gasteiger partial charge in [-0.1, -0.05) is 11.6 Å². The fraction of sp³-hybridized carbons (Fsp3) is 0.273. The van der Waals surface area contributed by atoms with Crippen LogP contribution in [0.2, 0.25) is 5.02 Å². The van der Waals surface area contributed by atoms with Gasteiger partial charge in [0.05, 0.1) is 17.5 Å². The Kier molecular flexibility index (Phi) is 3.40. The zero-order valence-corrected chi connectivity index (χ0v) is 11.0. The number of hydrogen-bond donors (Lipinski definition) is 2. The van der Waals surface area contributed by atoms with Gasteiger partial charge < -0.3 is 10.4 Å². The van der Waals surface area contributed by atoms with Crippen molar-refractivity contribution in [1.29, 1.82) is 0 Å². The number of carbonyl (C=O) groups is 2. The van der Waals surface area contributed by atoms with Crippen molar-refractivity contribution in [3.05, 3.63) is 27.7 Å². The van der Waals surface area contributed by atoms with Gasteiger partial charge in [-0.05, 0) is 40.5 Å². The van der Waals surface area contributed by atoms with Crippen molar-refractivity contribution in [2.75, 3.05) is 5.32 Å². The minimum absolute atomic E-state index is 0.277. The number of aliphatic carboxylic acids is 1. The van der Waals surface area contributed by atoms with E-state index in [1.54, 1.807) is 18.2 Å². The molecule has 2 N–H and O–H groups in total. The van der Waals surface area contributed by atoms with E-state index < -0.39 is 17.8 Å². The van der Waals surface area contributed by atoms with E-state index in [0.29, 0.717) is 21.6 Å². The molecule has 1 aromatic rings. The van der Waals surface area contributed by atoms with Crippen LogP contribution in [0.4, 0.5) is 5.69 Å². The molecule has 1 fully saturated rings. The molecule has 0 heterocycles. The molecule has 17 heavy (non-hydrogen) atoms. The zero-order valence-electron chi connectivity index (χ0n) is 8.61. The van der Waals surface area contributed by atoms with Crippen molar-refractivity contribution in [3.8, 4) is 0 Å². The van der Waals surface area contributed by atoms with E-state index in [-0.39, 0.29) is 5.91 Å². The topological polar surface area (TPSA) is 66.4 Å². The van der Waals surface area contributed by atoms with Crippen LogP contribution >= 0.6 is 27.5 Å². The van der Waals surface area contributed by atoms with Crippen LogP contribution in [0, 0.1) is 11.8 Å². The number of rotatable bonds is 3. The van der Waals surface area contributed by atoms with E-state index in [2.05, 4.69) is 21.2 Å². The smallest absolute Gasteiger partial charge is 0.307 e. The molecule has 0 saturated heterocycles. The van der Waals surface area contributed by atoms with Crippen LogP contribution in [0.3, 0.4) is 0 Å². The summed E-state index contributed by atoms with van der Waals surface area (Å²) in [4.78, 5) is 22.4. The molecule has 2 atom stereocenters. The first-order chi connectivity index (χ1) is 7.99. The van der Waals surface area contributed by atoms with Gasteiger partial charge in [0.1, 0.15) is 0 Å². The molecule has 2 unspecified atom stereocenters. The number of carbonyl (C=O) groups excluding carboxylic acids is 1. The van der Waals surface area contributed by atoms with Crippen molar-refractivity contribution in [2.24, 2.45) is 11.8 Å². The molecular weight excluding hydrogens is 309 g/mol. The standard InChI is InChI=1S/C11H9BrClNO3/c12-8-2-1-5(13)3-9(8)14-10(15)6-4-7(6)11(16)17/h1-3,6-7H,4H2,(H,14,15)(H,16,17). The molecule has 0 bridgehead atoms. The van der Waals surface area contributed by atoms with Crippen molar-refractivity contribution in [1.82, 2.24) is 0 Å². The van der Waals surface area contributed by atoms with E-state index in [9.17, 15) is 9.59 Å². The molecule has 1 amide bonds. The third kappa shape index (κ3) is 2.79. The number of hydrogen-bond acceptors (Lipinski definition) is 2. The molecule has 0 aliphatic heterocycles. The number of amides is 1. The summed E-state index contributed by atoms with van der Waals surface area (Å²) in [5.41, 5.74) is 0.554. The van der Waals surface area contributed by atoms with Crippen LogP contribution in [0.15, 0.2) is 22.7 Å². The first-order valence-electron chi connectivity index (χ1n) is 4.98. The van der Waals surface area contributed by atoms with E-state index in [1.807, 2.05) is 0 Å². The molecular formula is C11H9BrClNO3. The molecule has 0 radical (unpaired) electrons. The summed E-state index contributed by atoms with van der Waals surface area (Å²) >= 11 is 9.09. The van der Waals surface area contributed by atoms with E-state index in [1.165, 1.54) is 0 Å². The van der Waals surface area contributed by atoms with Gasteiger partial charge in [-0.25, -0.2) is 0 Å². The minimum Gasteiger partial charge on any atom is -0.481 e. The lowest BCUT2D eigenvalue weighted by Crippen LogP contribution is -2.17. The zero-order chi connectivity index (χ0) is 12.6. The maximum atomic E-state index is 11.7. The number of nitrogens with one attached hydrogen (secondary N) is 1. The van der Waals surface area contributed by atoms with Crippen LogP contribution in [0.5, 0.6) is 0 Å². The van der Waals surface area contributed by atoms with Gasteiger partial charge >= 0.3 is 5.97 Å². The lowest BCUT2D eigenvalue weighted by molar-refractivity contribution is -0.139. The highest BCUT2D eigenvalue weighted by Crippen LogP contribution is 2.40. The van der Waals surface area contributed by atoms with Crippen molar-refractivity contribution >= 4 is 45.1 Å². The quantitative estimate of drug-likeness (QED) is 0.900. The van der Waals surface area contributed by atoms with Gasteiger partial charge in [0, 0.05) is 9.50 Å². The highest BCUT2D eigenvalue weighted by Gasteiger charge is 2.48. The molecule has 0 aromatic heterocycles. The van der Waals surface area contributed by atoms with E-state index in [0.717, 1.165) is 0 Å². The van der Waals surface area contributed by atoms with Gasteiger partial charge in [0.25, 0.3) is 0 Å². The largest absolute Gasteiger partial charge is 0.481 e. The average molecular weight is 319 g/mol. The summed E-state index contributed by atoms with van der Waals surface area (Å²) < 4.78 is 0.711. The van der Waals surface area contributed by atoms with Crippen LogP contribution in [0.25, 0.3) is 0 Å². The Balaban J connectivity index is 2.04. The van der Waals surface area contributed by atoms with Crippen LogP contribution in [-0.2, 0) is 9.59 Å². The van der Waals surface area contributed by atoms with Gasteiger partial charge in [-0.3, -0.25) is 9.59 Å². The highest BCUT2D eigenvalue weighted by molar-refractivity contribution is 9.10. The van der Waals surface area contributed by atoms with Gasteiger partial charge in [0.2, 0.25) is 5.91 Å². The molecule has 1 aromatic carbocycles. The summed E-state index contributed by atoms with van der Waals surface area (Å²) in [5, 5.41) is 11.9. The van der Waals surface area contributed by atoms with E-state index >= 15 is 0 Å². The second-order valence-electron chi connectivity index (χ2n) is 3.90. The Morgan fingerprint density at radius 1 is 1.41 bits per heavy atom. The molecule has 2 rings (SSSR count). The van der Waals surface area contributed by atoms with Crippen molar-refractivity contribution in [2.45, 2.75) is 6.42 Å². The molecule has 4 nitrogen and oxygen atoms in total. The van der Waals surface area contributed by atoms with Crippen LogP contribution in [-0.4, -0.2) is 17.0 Å². The lowest BCUT2D eigenvalue weighted by Gasteiger charge is -2.07. The fourth-order valence-electron chi connectivity index (χ4n) is 1.58. The Morgan fingerprint density at radius 2 is 2.12 bits per heavy atom. The Bertz CT molecular complexity index is 492. The lowest BCUT2D eigenvalue weighted by atomic mass is 10.2. The predicted octanol–water partition coefficient (Wildman–Crippen LogP) is 2.76. The van der Waals surface area contributed by atoms with E-state index in [4.69, 9.17) is 16.7 Å². The second kappa shape index (κ2) is 4.66. The van der Waals surface area contributed by atoms with Gasteiger partial charge in [-0.15, -0.1) is 0 Å². The minimum atomic E-state index is -0.921. The summed E-state index contributed by atoms with van der Waals surface area (Å²) in [6.45, 7) is 0. The number of carboxylic acids is 1.